The van der Waals surface area contributed by atoms with Gasteiger partial charge in [0.2, 0.25) is 0 Å². The SMILES string of the molecule is COc1cccc(C(=N)c2ncc(N3CCC(C)(CN)CC3)nc2N)c1Cl. The zero-order valence-corrected chi connectivity index (χ0v) is 16.4. The van der Waals surface area contributed by atoms with E-state index < -0.39 is 0 Å². The number of aromatic nitrogens is 2. The molecule has 0 unspecified atom stereocenters. The zero-order valence-electron chi connectivity index (χ0n) is 15.6. The fourth-order valence-corrected chi connectivity index (χ4v) is 3.51. The van der Waals surface area contributed by atoms with E-state index in [1.807, 2.05) is 0 Å². The van der Waals surface area contributed by atoms with Gasteiger partial charge in [0, 0.05) is 18.7 Å². The van der Waals surface area contributed by atoms with Crippen LogP contribution < -0.4 is 21.1 Å². The second kappa shape index (κ2) is 7.70. The first-order chi connectivity index (χ1) is 12.9. The molecular weight excluding hydrogens is 364 g/mol. The van der Waals surface area contributed by atoms with Gasteiger partial charge in [0.05, 0.1) is 24.0 Å². The molecule has 8 heteroatoms. The third-order valence-electron chi connectivity index (χ3n) is 5.26. The van der Waals surface area contributed by atoms with Crippen LogP contribution >= 0.6 is 11.6 Å². The molecule has 0 aliphatic carbocycles. The Kier molecular flexibility index (Phi) is 5.53. The molecule has 7 nitrogen and oxygen atoms in total. The maximum atomic E-state index is 8.47. The van der Waals surface area contributed by atoms with E-state index in [2.05, 4.69) is 21.8 Å². The van der Waals surface area contributed by atoms with E-state index in [1.165, 1.54) is 7.11 Å². The Morgan fingerprint density at radius 1 is 1.37 bits per heavy atom. The van der Waals surface area contributed by atoms with Crippen LogP contribution in [0.1, 0.15) is 31.0 Å². The van der Waals surface area contributed by atoms with Crippen molar-refractivity contribution in [2.45, 2.75) is 19.8 Å². The Hall–Kier alpha value is -2.38. The lowest BCUT2D eigenvalue weighted by molar-refractivity contribution is 0.258. The van der Waals surface area contributed by atoms with Gasteiger partial charge in [-0.15, -0.1) is 0 Å². The molecule has 1 aromatic carbocycles. The number of anilines is 2. The summed E-state index contributed by atoms with van der Waals surface area (Å²) in [5, 5.41) is 8.82. The Morgan fingerprint density at radius 3 is 2.67 bits per heavy atom. The molecule has 5 N–H and O–H groups in total. The predicted octanol–water partition coefficient (Wildman–Crippen LogP) is 2.70. The van der Waals surface area contributed by atoms with E-state index in [9.17, 15) is 0 Å². The molecule has 1 aromatic heterocycles. The normalized spacial score (nSPS) is 16.2. The molecule has 3 rings (SSSR count). The summed E-state index contributed by atoms with van der Waals surface area (Å²) in [5.74, 6) is 1.43. The highest BCUT2D eigenvalue weighted by Crippen LogP contribution is 2.32. The van der Waals surface area contributed by atoms with Gasteiger partial charge in [-0.3, -0.25) is 5.41 Å². The second-order valence-corrected chi connectivity index (χ2v) is 7.54. The first kappa shape index (κ1) is 19.4. The van der Waals surface area contributed by atoms with Gasteiger partial charge < -0.3 is 21.1 Å². The highest BCUT2D eigenvalue weighted by molar-refractivity contribution is 6.36. The van der Waals surface area contributed by atoms with Crippen LogP contribution in [0.2, 0.25) is 5.02 Å². The molecule has 2 heterocycles. The highest BCUT2D eigenvalue weighted by Gasteiger charge is 2.29. The van der Waals surface area contributed by atoms with Crippen molar-refractivity contribution >= 4 is 28.9 Å². The molecule has 27 heavy (non-hydrogen) atoms. The number of hydrogen-bond donors (Lipinski definition) is 3. The first-order valence-electron chi connectivity index (χ1n) is 8.88. The van der Waals surface area contributed by atoms with Crippen molar-refractivity contribution in [3.05, 3.63) is 40.7 Å². The third kappa shape index (κ3) is 3.84. The van der Waals surface area contributed by atoms with Crippen LogP contribution in [0.15, 0.2) is 24.4 Å². The summed E-state index contributed by atoms with van der Waals surface area (Å²) in [6.45, 7) is 4.62. The molecule has 0 spiro atoms. The van der Waals surface area contributed by atoms with Crippen molar-refractivity contribution < 1.29 is 4.74 Å². The van der Waals surface area contributed by atoms with Crippen LogP contribution in [0.5, 0.6) is 5.75 Å². The zero-order chi connectivity index (χ0) is 19.6. The van der Waals surface area contributed by atoms with Gasteiger partial charge in [-0.2, -0.15) is 0 Å². The number of methoxy groups -OCH3 is 1. The van der Waals surface area contributed by atoms with Gasteiger partial charge in [0.25, 0.3) is 0 Å². The van der Waals surface area contributed by atoms with Gasteiger partial charge in [0.15, 0.2) is 5.82 Å². The average molecular weight is 389 g/mol. The van der Waals surface area contributed by atoms with Crippen LogP contribution in [-0.4, -0.2) is 42.4 Å². The summed E-state index contributed by atoms with van der Waals surface area (Å²) >= 11 is 6.33. The molecule has 1 saturated heterocycles. The van der Waals surface area contributed by atoms with Crippen molar-refractivity contribution in [2.75, 3.05) is 37.4 Å². The number of rotatable bonds is 5. The van der Waals surface area contributed by atoms with Crippen molar-refractivity contribution in [3.8, 4) is 5.75 Å². The molecule has 1 fully saturated rings. The highest BCUT2D eigenvalue weighted by atomic mass is 35.5. The minimum atomic E-state index is 0.116. The number of nitrogens with zero attached hydrogens (tertiary/aromatic N) is 3. The van der Waals surface area contributed by atoms with Crippen molar-refractivity contribution in [1.82, 2.24) is 9.97 Å². The van der Waals surface area contributed by atoms with E-state index in [0.29, 0.717) is 28.6 Å². The van der Waals surface area contributed by atoms with Crippen molar-refractivity contribution in [2.24, 2.45) is 11.1 Å². The van der Waals surface area contributed by atoms with E-state index in [-0.39, 0.29) is 16.9 Å². The molecule has 0 amide bonds. The molecule has 144 valence electrons. The lowest BCUT2D eigenvalue weighted by Crippen LogP contribution is -2.42. The number of halogens is 1. The van der Waals surface area contributed by atoms with E-state index in [0.717, 1.165) is 31.7 Å². The first-order valence-corrected chi connectivity index (χ1v) is 9.25. The van der Waals surface area contributed by atoms with Crippen LogP contribution in [0, 0.1) is 10.8 Å². The number of benzene rings is 1. The number of nitrogen functional groups attached to an aromatic ring is 1. The Morgan fingerprint density at radius 2 is 2.07 bits per heavy atom. The monoisotopic (exact) mass is 388 g/mol. The summed E-state index contributed by atoms with van der Waals surface area (Å²) in [5.41, 5.74) is 13.1. The van der Waals surface area contributed by atoms with Crippen molar-refractivity contribution in [1.29, 1.82) is 5.41 Å². The molecule has 0 saturated carbocycles. The van der Waals surface area contributed by atoms with Gasteiger partial charge in [-0.25, -0.2) is 9.97 Å². The number of nitrogens with two attached hydrogens (primary N) is 2. The molecule has 2 aromatic rings. The van der Waals surface area contributed by atoms with E-state index in [1.54, 1.807) is 24.4 Å². The fourth-order valence-electron chi connectivity index (χ4n) is 3.21. The van der Waals surface area contributed by atoms with Crippen molar-refractivity contribution in [3.63, 3.8) is 0 Å². The quantitative estimate of drug-likeness (QED) is 0.678. The summed E-state index contributed by atoms with van der Waals surface area (Å²) in [7, 11) is 1.53. The van der Waals surface area contributed by atoms with E-state index in [4.69, 9.17) is 33.2 Å². The molecule has 0 bridgehead atoms. The summed E-state index contributed by atoms with van der Waals surface area (Å²) in [6, 6.07) is 5.25. The minimum absolute atomic E-state index is 0.116. The van der Waals surface area contributed by atoms with Crippen LogP contribution in [0.4, 0.5) is 11.6 Å². The second-order valence-electron chi connectivity index (χ2n) is 7.16. The van der Waals surface area contributed by atoms with Crippen LogP contribution in [0.3, 0.4) is 0 Å². The summed E-state index contributed by atoms with van der Waals surface area (Å²) in [6.07, 6.45) is 3.67. The fraction of sp³-hybridized carbons (Fsp3) is 0.421. The van der Waals surface area contributed by atoms with Crippen LogP contribution in [0.25, 0.3) is 0 Å². The van der Waals surface area contributed by atoms with Gasteiger partial charge in [0.1, 0.15) is 17.3 Å². The third-order valence-corrected chi connectivity index (χ3v) is 5.65. The maximum absolute atomic E-state index is 8.47. The maximum Gasteiger partial charge on any atom is 0.154 e. The number of piperidine rings is 1. The van der Waals surface area contributed by atoms with Gasteiger partial charge >= 0.3 is 0 Å². The summed E-state index contributed by atoms with van der Waals surface area (Å²) in [4.78, 5) is 11.0. The standard InChI is InChI=1S/C19H25ClN6O/c1-19(11-21)6-8-26(9-7-19)14-10-24-17(18(23)25-14)16(22)12-4-3-5-13(27-2)15(12)20/h3-5,10,22H,6-9,11,21H2,1-2H3,(H2,23,25). The van der Waals surface area contributed by atoms with Gasteiger partial charge in [-0.1, -0.05) is 30.7 Å². The predicted molar refractivity (Wildman–Crippen MR) is 109 cm³/mol. The molecule has 0 atom stereocenters. The summed E-state index contributed by atoms with van der Waals surface area (Å²) < 4.78 is 5.21. The molecule has 1 aliphatic heterocycles. The van der Waals surface area contributed by atoms with Crippen LogP contribution in [-0.2, 0) is 0 Å². The molecular formula is C19H25ClN6O. The molecule has 0 radical (unpaired) electrons. The lowest BCUT2D eigenvalue weighted by Gasteiger charge is -2.39. The Balaban J connectivity index is 1.82. The number of hydrogen-bond acceptors (Lipinski definition) is 7. The number of nitrogens with one attached hydrogen (secondary N) is 1. The number of ether oxygens (including phenoxy) is 1. The Bertz CT molecular complexity index is 848. The largest absolute Gasteiger partial charge is 0.495 e. The van der Waals surface area contributed by atoms with Gasteiger partial charge in [-0.05, 0) is 30.9 Å². The minimum Gasteiger partial charge on any atom is -0.495 e. The Labute approximate surface area is 164 Å². The molecule has 1 aliphatic rings. The topological polar surface area (TPSA) is 114 Å². The lowest BCUT2D eigenvalue weighted by atomic mass is 9.80. The van der Waals surface area contributed by atoms with E-state index >= 15 is 0 Å². The smallest absolute Gasteiger partial charge is 0.154 e. The average Bonchev–Trinajstić information content (AvgIpc) is 2.68.